The quantitative estimate of drug-likeness (QED) is 0.923. The van der Waals surface area contributed by atoms with Crippen LogP contribution in [-0.4, -0.2) is 47.7 Å². The smallest absolute Gasteiger partial charge is 0.323 e. The highest BCUT2D eigenvalue weighted by Gasteiger charge is 2.22. The van der Waals surface area contributed by atoms with Crippen LogP contribution in [0, 0.1) is 0 Å². The van der Waals surface area contributed by atoms with Crippen LogP contribution in [0.2, 0.25) is 0 Å². The number of carboxylic acid groups (broad SMARTS) is 1. The Balaban J connectivity index is 2.09. The third-order valence-electron chi connectivity index (χ3n) is 3.67. The van der Waals surface area contributed by atoms with Gasteiger partial charge in [0.25, 0.3) is 0 Å². The molecule has 0 saturated carbocycles. The molecule has 6 heteroatoms. The second kappa shape index (κ2) is 5.55. The second-order valence-corrected chi connectivity index (χ2v) is 5.30. The Kier molecular flexibility index (Phi) is 3.60. The van der Waals surface area contributed by atoms with Crippen LogP contribution in [0.4, 0.5) is 11.6 Å². The Morgan fingerprint density at radius 2 is 1.86 bits per heavy atom. The molecule has 110 valence electrons. The largest absolute Gasteiger partial charge is 0.480 e. The van der Waals surface area contributed by atoms with Gasteiger partial charge in [-0.15, -0.1) is 0 Å². The van der Waals surface area contributed by atoms with E-state index >= 15 is 0 Å². The Morgan fingerprint density at radius 1 is 1.24 bits per heavy atom. The number of aromatic nitrogens is 2. The fourth-order valence-electron chi connectivity index (χ4n) is 2.66. The lowest BCUT2D eigenvalue weighted by Crippen LogP contribution is -2.30. The van der Waals surface area contributed by atoms with Crippen LogP contribution in [0.15, 0.2) is 24.3 Å². The molecule has 1 aliphatic rings. The van der Waals surface area contributed by atoms with E-state index in [4.69, 9.17) is 10.1 Å². The number of hydrogen-bond donors (Lipinski definition) is 1. The first-order chi connectivity index (χ1) is 10.1. The number of rotatable bonds is 4. The van der Waals surface area contributed by atoms with Crippen LogP contribution in [-0.2, 0) is 4.79 Å². The van der Waals surface area contributed by atoms with Crippen molar-refractivity contribution in [3.05, 3.63) is 24.3 Å². The van der Waals surface area contributed by atoms with Gasteiger partial charge in [-0.05, 0) is 25.0 Å². The standard InChI is InChI=1S/C15H18N4O2/c1-18(10-13(20)21)14-15(19-8-4-5-9-19)17-12-7-3-2-6-11(12)16-14/h2-3,6-7H,4-5,8-10H2,1H3,(H,20,21). The minimum absolute atomic E-state index is 0.0894. The number of benzene rings is 1. The van der Waals surface area contributed by atoms with Crippen molar-refractivity contribution < 1.29 is 9.90 Å². The molecular formula is C15H18N4O2. The van der Waals surface area contributed by atoms with E-state index in [0.717, 1.165) is 42.8 Å². The Hall–Kier alpha value is -2.37. The van der Waals surface area contributed by atoms with E-state index in [-0.39, 0.29) is 6.54 Å². The van der Waals surface area contributed by atoms with Gasteiger partial charge in [-0.25, -0.2) is 9.97 Å². The van der Waals surface area contributed by atoms with Crippen LogP contribution in [0.25, 0.3) is 11.0 Å². The predicted octanol–water partition coefficient (Wildman–Crippen LogP) is 1.75. The van der Waals surface area contributed by atoms with Gasteiger partial charge < -0.3 is 14.9 Å². The third-order valence-corrected chi connectivity index (χ3v) is 3.67. The van der Waals surface area contributed by atoms with Crippen LogP contribution >= 0.6 is 0 Å². The normalized spacial score (nSPS) is 14.6. The summed E-state index contributed by atoms with van der Waals surface area (Å²) < 4.78 is 0. The minimum Gasteiger partial charge on any atom is -0.480 e. The predicted molar refractivity (Wildman–Crippen MR) is 81.9 cm³/mol. The lowest BCUT2D eigenvalue weighted by molar-refractivity contribution is -0.135. The van der Waals surface area contributed by atoms with Gasteiger partial charge in [0, 0.05) is 20.1 Å². The number of carboxylic acids is 1. The van der Waals surface area contributed by atoms with E-state index in [2.05, 4.69) is 9.88 Å². The van der Waals surface area contributed by atoms with Crippen molar-refractivity contribution in [3.63, 3.8) is 0 Å². The van der Waals surface area contributed by atoms with Crippen molar-refractivity contribution in [3.8, 4) is 0 Å². The lowest BCUT2D eigenvalue weighted by atomic mass is 10.3. The molecule has 0 atom stereocenters. The van der Waals surface area contributed by atoms with Gasteiger partial charge in [0.05, 0.1) is 11.0 Å². The highest BCUT2D eigenvalue weighted by Crippen LogP contribution is 2.29. The monoisotopic (exact) mass is 286 g/mol. The van der Waals surface area contributed by atoms with E-state index in [0.29, 0.717) is 5.82 Å². The van der Waals surface area contributed by atoms with E-state index < -0.39 is 5.97 Å². The number of anilines is 2. The highest BCUT2D eigenvalue weighted by molar-refractivity contribution is 5.82. The van der Waals surface area contributed by atoms with Gasteiger partial charge in [-0.3, -0.25) is 4.79 Å². The average molecular weight is 286 g/mol. The van der Waals surface area contributed by atoms with Crippen molar-refractivity contribution in [1.29, 1.82) is 0 Å². The molecule has 2 heterocycles. The summed E-state index contributed by atoms with van der Waals surface area (Å²) in [6.07, 6.45) is 2.27. The maximum Gasteiger partial charge on any atom is 0.323 e. The van der Waals surface area contributed by atoms with Crippen LogP contribution < -0.4 is 9.80 Å². The molecule has 0 radical (unpaired) electrons. The summed E-state index contributed by atoms with van der Waals surface area (Å²) in [5.41, 5.74) is 1.62. The van der Waals surface area contributed by atoms with E-state index in [1.54, 1.807) is 11.9 Å². The van der Waals surface area contributed by atoms with Crippen molar-refractivity contribution in [2.75, 3.05) is 36.5 Å². The summed E-state index contributed by atoms with van der Waals surface area (Å²) in [7, 11) is 1.74. The summed E-state index contributed by atoms with van der Waals surface area (Å²) in [5, 5.41) is 9.01. The third kappa shape index (κ3) is 2.74. The first-order valence-corrected chi connectivity index (χ1v) is 7.10. The molecule has 0 aliphatic carbocycles. The Morgan fingerprint density at radius 3 is 2.48 bits per heavy atom. The molecule has 0 unspecified atom stereocenters. The van der Waals surface area contributed by atoms with Crippen molar-refractivity contribution in [1.82, 2.24) is 9.97 Å². The lowest BCUT2D eigenvalue weighted by Gasteiger charge is -2.24. The number of fused-ring (bicyclic) bond motifs is 1. The zero-order valence-electron chi connectivity index (χ0n) is 12.0. The summed E-state index contributed by atoms with van der Waals surface area (Å²) in [5.74, 6) is 0.549. The molecule has 3 rings (SSSR count). The maximum absolute atomic E-state index is 11.0. The van der Waals surface area contributed by atoms with Crippen molar-refractivity contribution >= 4 is 28.6 Å². The molecule has 6 nitrogen and oxygen atoms in total. The van der Waals surface area contributed by atoms with Crippen LogP contribution in [0.1, 0.15) is 12.8 Å². The second-order valence-electron chi connectivity index (χ2n) is 5.30. The molecule has 0 bridgehead atoms. The number of hydrogen-bond acceptors (Lipinski definition) is 5. The molecule has 1 N–H and O–H groups in total. The zero-order valence-corrected chi connectivity index (χ0v) is 12.0. The van der Waals surface area contributed by atoms with E-state index in [1.807, 2.05) is 24.3 Å². The van der Waals surface area contributed by atoms with Gasteiger partial charge in [-0.1, -0.05) is 12.1 Å². The number of likely N-dealkylation sites (N-methyl/N-ethyl adjacent to an activating group) is 1. The zero-order chi connectivity index (χ0) is 14.8. The highest BCUT2D eigenvalue weighted by atomic mass is 16.4. The van der Waals surface area contributed by atoms with E-state index in [9.17, 15) is 4.79 Å². The molecule has 1 saturated heterocycles. The van der Waals surface area contributed by atoms with Crippen molar-refractivity contribution in [2.45, 2.75) is 12.8 Å². The summed E-state index contributed by atoms with van der Waals surface area (Å²) >= 11 is 0. The molecule has 2 aromatic rings. The number of carbonyl (C=O) groups is 1. The maximum atomic E-state index is 11.0. The fraction of sp³-hybridized carbons (Fsp3) is 0.400. The summed E-state index contributed by atoms with van der Waals surface area (Å²) in [6.45, 7) is 1.80. The SMILES string of the molecule is CN(CC(=O)O)c1nc2ccccc2nc1N1CCCC1. The van der Waals surface area contributed by atoms with Gasteiger partial charge in [0.1, 0.15) is 6.54 Å². The molecule has 1 aromatic heterocycles. The minimum atomic E-state index is -0.875. The molecule has 1 aromatic carbocycles. The van der Waals surface area contributed by atoms with Gasteiger partial charge in [-0.2, -0.15) is 0 Å². The molecule has 0 amide bonds. The Labute approximate surface area is 123 Å². The first kappa shape index (κ1) is 13.6. The molecule has 1 aliphatic heterocycles. The van der Waals surface area contributed by atoms with Crippen LogP contribution in [0.5, 0.6) is 0 Å². The number of aliphatic carboxylic acids is 1. The number of nitrogens with zero attached hydrogens (tertiary/aromatic N) is 4. The molecule has 0 spiro atoms. The summed E-state index contributed by atoms with van der Waals surface area (Å²) in [6, 6.07) is 7.68. The van der Waals surface area contributed by atoms with Gasteiger partial charge in [0.15, 0.2) is 11.6 Å². The van der Waals surface area contributed by atoms with Crippen LogP contribution in [0.3, 0.4) is 0 Å². The number of para-hydroxylation sites is 2. The summed E-state index contributed by atoms with van der Waals surface area (Å²) in [4.78, 5) is 24.2. The van der Waals surface area contributed by atoms with Gasteiger partial charge >= 0.3 is 5.97 Å². The first-order valence-electron chi connectivity index (χ1n) is 7.10. The topological polar surface area (TPSA) is 69.6 Å². The molecule has 1 fully saturated rings. The fourth-order valence-corrected chi connectivity index (χ4v) is 2.66. The van der Waals surface area contributed by atoms with E-state index in [1.165, 1.54) is 0 Å². The average Bonchev–Trinajstić information content (AvgIpc) is 2.99. The van der Waals surface area contributed by atoms with Crippen molar-refractivity contribution in [2.24, 2.45) is 0 Å². The Bertz CT molecular complexity index is 668. The van der Waals surface area contributed by atoms with Gasteiger partial charge in [0.2, 0.25) is 0 Å². The molecule has 21 heavy (non-hydrogen) atoms. The molecular weight excluding hydrogens is 268 g/mol.